The lowest BCUT2D eigenvalue weighted by Crippen LogP contribution is -2.37. The van der Waals surface area contributed by atoms with E-state index < -0.39 is 11.9 Å². The van der Waals surface area contributed by atoms with Crippen molar-refractivity contribution < 1.29 is 13.2 Å². The van der Waals surface area contributed by atoms with Gasteiger partial charge in [-0.05, 0) is 19.9 Å². The molecule has 0 radical (unpaired) electrons. The average molecular weight is 304 g/mol. The average Bonchev–Trinajstić information content (AvgIpc) is 2.44. The fourth-order valence-corrected chi connectivity index (χ4v) is 1.59. The summed E-state index contributed by atoms with van der Waals surface area (Å²) in [5.74, 6) is 0.327. The molecule has 3 N–H and O–H groups in total. The third kappa shape index (κ3) is 5.44. The Labute approximate surface area is 121 Å². The lowest BCUT2D eigenvalue weighted by Gasteiger charge is -2.19. The van der Waals surface area contributed by atoms with Crippen molar-refractivity contribution in [1.82, 2.24) is 14.9 Å². The second-order valence-electron chi connectivity index (χ2n) is 4.10. The van der Waals surface area contributed by atoms with E-state index in [9.17, 15) is 13.2 Å². The zero-order chi connectivity index (χ0) is 15.9. The Morgan fingerprint density at radius 3 is 2.62 bits per heavy atom. The first kappa shape index (κ1) is 17.0. The number of nitrogens with one attached hydrogen (secondary N) is 1. The van der Waals surface area contributed by atoms with Crippen LogP contribution in [0.3, 0.4) is 0 Å². The molecule has 1 heterocycles. The minimum Gasteiger partial charge on any atom is -0.370 e. The summed E-state index contributed by atoms with van der Waals surface area (Å²) in [5.41, 5.74) is 4.79. The SMILES string of the molecule is CCN(CC)C(N)=NCCNc1nccc(C(F)(F)F)n1. The van der Waals surface area contributed by atoms with E-state index in [0.717, 1.165) is 25.4 Å². The molecule has 1 aromatic rings. The minimum atomic E-state index is -4.48. The molecule has 0 aliphatic rings. The van der Waals surface area contributed by atoms with Crippen molar-refractivity contribution in [1.29, 1.82) is 0 Å². The predicted octanol–water partition coefficient (Wildman–Crippen LogP) is 1.56. The fraction of sp³-hybridized carbons (Fsp3) is 0.583. The second kappa shape index (κ2) is 7.65. The number of aromatic nitrogens is 2. The number of rotatable bonds is 6. The van der Waals surface area contributed by atoms with Crippen LogP contribution in [0.2, 0.25) is 0 Å². The maximum atomic E-state index is 12.5. The molecule has 0 aromatic carbocycles. The first-order chi connectivity index (χ1) is 9.88. The van der Waals surface area contributed by atoms with Gasteiger partial charge in [0.05, 0.1) is 6.54 Å². The number of anilines is 1. The molecular formula is C12H19F3N6. The molecule has 9 heteroatoms. The van der Waals surface area contributed by atoms with E-state index in [0.29, 0.717) is 19.0 Å². The summed E-state index contributed by atoms with van der Waals surface area (Å²) >= 11 is 0. The van der Waals surface area contributed by atoms with Gasteiger partial charge in [0.1, 0.15) is 5.69 Å². The van der Waals surface area contributed by atoms with Gasteiger partial charge in [0, 0.05) is 25.8 Å². The molecule has 1 aromatic heterocycles. The van der Waals surface area contributed by atoms with Gasteiger partial charge in [0.2, 0.25) is 5.95 Å². The van der Waals surface area contributed by atoms with Crippen LogP contribution < -0.4 is 11.1 Å². The summed E-state index contributed by atoms with van der Waals surface area (Å²) in [5, 5.41) is 2.68. The highest BCUT2D eigenvalue weighted by atomic mass is 19.4. The van der Waals surface area contributed by atoms with Gasteiger partial charge in [-0.15, -0.1) is 0 Å². The fourth-order valence-electron chi connectivity index (χ4n) is 1.59. The molecule has 0 amide bonds. The molecule has 0 atom stereocenters. The lowest BCUT2D eigenvalue weighted by molar-refractivity contribution is -0.141. The van der Waals surface area contributed by atoms with Crippen LogP contribution in [0.25, 0.3) is 0 Å². The maximum absolute atomic E-state index is 12.5. The topological polar surface area (TPSA) is 79.4 Å². The summed E-state index contributed by atoms with van der Waals surface area (Å²) in [6.07, 6.45) is -3.42. The minimum absolute atomic E-state index is 0.0820. The van der Waals surface area contributed by atoms with E-state index in [1.54, 1.807) is 0 Å². The molecule has 0 fully saturated rings. The summed E-state index contributed by atoms with van der Waals surface area (Å²) in [4.78, 5) is 13.1. The predicted molar refractivity (Wildman–Crippen MR) is 74.9 cm³/mol. The van der Waals surface area contributed by atoms with E-state index in [2.05, 4.69) is 20.3 Å². The van der Waals surface area contributed by atoms with Crippen LogP contribution >= 0.6 is 0 Å². The second-order valence-corrected chi connectivity index (χ2v) is 4.10. The number of nitrogens with two attached hydrogens (primary N) is 1. The highest BCUT2D eigenvalue weighted by molar-refractivity contribution is 5.78. The number of alkyl halides is 3. The Hall–Kier alpha value is -2.06. The monoisotopic (exact) mass is 304 g/mol. The zero-order valence-corrected chi connectivity index (χ0v) is 12.0. The third-order valence-corrected chi connectivity index (χ3v) is 2.70. The quantitative estimate of drug-likeness (QED) is 0.474. The molecule has 6 nitrogen and oxygen atoms in total. The Morgan fingerprint density at radius 2 is 2.05 bits per heavy atom. The molecule has 0 spiro atoms. The summed E-state index contributed by atoms with van der Waals surface area (Å²) in [7, 11) is 0. The van der Waals surface area contributed by atoms with Gasteiger partial charge in [-0.1, -0.05) is 0 Å². The molecule has 0 bridgehead atoms. The molecule has 0 saturated heterocycles. The molecule has 0 aliphatic heterocycles. The highest BCUT2D eigenvalue weighted by Gasteiger charge is 2.32. The summed E-state index contributed by atoms with van der Waals surface area (Å²) < 4.78 is 37.4. The number of nitrogens with zero attached hydrogens (tertiary/aromatic N) is 4. The number of guanidine groups is 1. The van der Waals surface area contributed by atoms with Crippen LogP contribution in [0, 0.1) is 0 Å². The number of hydrogen-bond acceptors (Lipinski definition) is 4. The van der Waals surface area contributed by atoms with Crippen molar-refractivity contribution in [3.63, 3.8) is 0 Å². The summed E-state index contributed by atoms with van der Waals surface area (Å²) in [6, 6.07) is 0.821. The molecular weight excluding hydrogens is 285 g/mol. The third-order valence-electron chi connectivity index (χ3n) is 2.70. The van der Waals surface area contributed by atoms with Gasteiger partial charge >= 0.3 is 6.18 Å². The lowest BCUT2D eigenvalue weighted by atomic mass is 10.4. The Morgan fingerprint density at radius 1 is 1.38 bits per heavy atom. The van der Waals surface area contributed by atoms with Gasteiger partial charge < -0.3 is 16.0 Å². The first-order valence-corrected chi connectivity index (χ1v) is 6.57. The van der Waals surface area contributed by atoms with Crippen molar-refractivity contribution in [2.24, 2.45) is 10.7 Å². The van der Waals surface area contributed by atoms with Crippen molar-refractivity contribution in [3.8, 4) is 0 Å². The molecule has 0 saturated carbocycles. The molecule has 0 aliphatic carbocycles. The van der Waals surface area contributed by atoms with Crippen LogP contribution in [-0.2, 0) is 6.18 Å². The van der Waals surface area contributed by atoms with Gasteiger partial charge in [-0.25, -0.2) is 9.97 Å². The van der Waals surface area contributed by atoms with Crippen LogP contribution in [0.15, 0.2) is 17.3 Å². The molecule has 0 unspecified atom stereocenters. The van der Waals surface area contributed by atoms with E-state index >= 15 is 0 Å². The standard InChI is InChI=1S/C12H19F3N6/c1-3-21(4-2)10(16)17-7-8-19-11-18-6-5-9(20-11)12(13,14)15/h5-6H,3-4,7-8H2,1-2H3,(H2,16,17)(H,18,19,20). The van der Waals surface area contributed by atoms with Crippen molar-refractivity contribution >= 4 is 11.9 Å². The van der Waals surface area contributed by atoms with E-state index in [-0.39, 0.29) is 5.95 Å². The van der Waals surface area contributed by atoms with Gasteiger partial charge in [-0.2, -0.15) is 13.2 Å². The van der Waals surface area contributed by atoms with E-state index in [1.165, 1.54) is 0 Å². The molecule has 1 rings (SSSR count). The Bertz CT molecular complexity index is 470. The van der Waals surface area contributed by atoms with Gasteiger partial charge in [0.15, 0.2) is 5.96 Å². The van der Waals surface area contributed by atoms with E-state index in [1.807, 2.05) is 18.7 Å². The zero-order valence-electron chi connectivity index (χ0n) is 12.0. The smallest absolute Gasteiger partial charge is 0.370 e. The largest absolute Gasteiger partial charge is 0.433 e. The van der Waals surface area contributed by atoms with Crippen molar-refractivity contribution in [3.05, 3.63) is 18.0 Å². The normalized spacial score (nSPS) is 12.3. The van der Waals surface area contributed by atoms with Crippen molar-refractivity contribution in [2.75, 3.05) is 31.5 Å². The van der Waals surface area contributed by atoms with Crippen LogP contribution in [0.5, 0.6) is 0 Å². The van der Waals surface area contributed by atoms with Gasteiger partial charge in [-0.3, -0.25) is 4.99 Å². The first-order valence-electron chi connectivity index (χ1n) is 6.57. The van der Waals surface area contributed by atoms with Crippen LogP contribution in [0.1, 0.15) is 19.5 Å². The Balaban J connectivity index is 2.52. The van der Waals surface area contributed by atoms with E-state index in [4.69, 9.17) is 5.73 Å². The van der Waals surface area contributed by atoms with Crippen LogP contribution in [-0.4, -0.2) is 47.0 Å². The van der Waals surface area contributed by atoms with Crippen molar-refractivity contribution in [2.45, 2.75) is 20.0 Å². The number of halogens is 3. The van der Waals surface area contributed by atoms with Gasteiger partial charge in [0.25, 0.3) is 0 Å². The molecule has 118 valence electrons. The highest BCUT2D eigenvalue weighted by Crippen LogP contribution is 2.27. The Kier molecular flexibility index (Phi) is 6.19. The molecule has 21 heavy (non-hydrogen) atoms. The number of aliphatic imine (C=N–C) groups is 1. The maximum Gasteiger partial charge on any atom is 0.433 e. The summed E-state index contributed by atoms with van der Waals surface area (Å²) in [6.45, 7) is 6.03. The number of hydrogen-bond donors (Lipinski definition) is 2. The van der Waals surface area contributed by atoms with Crippen LogP contribution in [0.4, 0.5) is 19.1 Å².